The van der Waals surface area contributed by atoms with Gasteiger partial charge in [-0.1, -0.05) is 6.92 Å². The second kappa shape index (κ2) is 5.62. The van der Waals surface area contributed by atoms with E-state index >= 15 is 0 Å². The Kier molecular flexibility index (Phi) is 4.08. The van der Waals surface area contributed by atoms with Crippen molar-refractivity contribution in [2.24, 2.45) is 0 Å². The number of hydrogen-bond donors (Lipinski definition) is 1. The highest BCUT2D eigenvalue weighted by molar-refractivity contribution is 5.33. The monoisotopic (exact) mass is 291 g/mol. The highest BCUT2D eigenvalue weighted by Crippen LogP contribution is 2.31. The molecule has 0 saturated carbocycles. The number of halogens is 5. The molecule has 0 aliphatic heterocycles. The first-order valence-electron chi connectivity index (χ1n) is 5.75. The number of hydrogen-bond acceptors (Lipinski definition) is 2. The molecule has 1 heterocycles. The van der Waals surface area contributed by atoms with Gasteiger partial charge in [-0.15, -0.1) is 0 Å². The molecule has 0 aliphatic carbocycles. The Morgan fingerprint density at radius 2 is 1.55 bits per heavy atom. The van der Waals surface area contributed by atoms with Crippen LogP contribution in [0.25, 0.3) is 0 Å². The molecule has 1 atom stereocenters. The van der Waals surface area contributed by atoms with E-state index in [0.29, 0.717) is 0 Å². The van der Waals surface area contributed by atoms with Gasteiger partial charge in [0.1, 0.15) is 0 Å². The fraction of sp³-hybridized carbons (Fsp3) is 0.231. The van der Waals surface area contributed by atoms with Crippen LogP contribution in [0.1, 0.15) is 24.1 Å². The highest BCUT2D eigenvalue weighted by atomic mass is 19.2. The van der Waals surface area contributed by atoms with Gasteiger partial charge in [-0.3, -0.25) is 0 Å². The molecule has 1 N–H and O–H groups in total. The smallest absolute Gasteiger partial charge is 0.200 e. The van der Waals surface area contributed by atoms with Gasteiger partial charge in [0.2, 0.25) is 5.82 Å². The molecule has 0 spiro atoms. The van der Waals surface area contributed by atoms with Crippen molar-refractivity contribution in [3.8, 4) is 0 Å². The Bertz CT molecular complexity index is 583. The molecular formula is C13H10F5NO. The van der Waals surface area contributed by atoms with Crippen LogP contribution in [0.2, 0.25) is 0 Å². The minimum Gasteiger partial charge on any atom is -0.472 e. The van der Waals surface area contributed by atoms with Gasteiger partial charge in [-0.05, 0) is 12.6 Å². The van der Waals surface area contributed by atoms with Crippen LogP contribution < -0.4 is 5.32 Å². The van der Waals surface area contributed by atoms with E-state index < -0.39 is 40.7 Å². The average Bonchev–Trinajstić information content (AvgIpc) is 2.96. The van der Waals surface area contributed by atoms with Gasteiger partial charge in [0, 0.05) is 5.56 Å². The fourth-order valence-electron chi connectivity index (χ4n) is 1.91. The molecule has 1 unspecified atom stereocenters. The Labute approximate surface area is 111 Å². The van der Waals surface area contributed by atoms with E-state index in [-0.39, 0.29) is 12.1 Å². The first kappa shape index (κ1) is 14.5. The third-order valence-electron chi connectivity index (χ3n) is 2.82. The van der Waals surface area contributed by atoms with Crippen molar-refractivity contribution in [2.45, 2.75) is 13.0 Å². The lowest BCUT2D eigenvalue weighted by molar-refractivity contribution is 0.362. The molecule has 2 aromatic rings. The van der Waals surface area contributed by atoms with Crippen molar-refractivity contribution >= 4 is 0 Å². The summed E-state index contributed by atoms with van der Waals surface area (Å²) in [4.78, 5) is 0. The predicted molar refractivity (Wildman–Crippen MR) is 60.5 cm³/mol. The Balaban J connectivity index is 2.66. The van der Waals surface area contributed by atoms with Gasteiger partial charge >= 0.3 is 0 Å². The summed E-state index contributed by atoms with van der Waals surface area (Å²) in [5.41, 5.74) is -0.667. The molecule has 0 fully saturated rings. The number of furan rings is 1. The van der Waals surface area contributed by atoms with E-state index in [1.54, 1.807) is 6.92 Å². The van der Waals surface area contributed by atoms with Crippen LogP contribution >= 0.6 is 0 Å². The van der Waals surface area contributed by atoms with Crippen molar-refractivity contribution in [1.29, 1.82) is 0 Å². The van der Waals surface area contributed by atoms with Crippen LogP contribution in [0.15, 0.2) is 23.0 Å². The van der Waals surface area contributed by atoms with Crippen LogP contribution in [-0.4, -0.2) is 6.54 Å². The molecule has 2 nitrogen and oxygen atoms in total. The predicted octanol–water partition coefficient (Wildman–Crippen LogP) is 3.67. The topological polar surface area (TPSA) is 25.2 Å². The van der Waals surface area contributed by atoms with Gasteiger partial charge in [-0.25, -0.2) is 22.0 Å². The molecule has 0 aliphatic rings. The zero-order valence-electron chi connectivity index (χ0n) is 10.3. The Morgan fingerprint density at radius 3 is 2.00 bits per heavy atom. The maximum atomic E-state index is 13.8. The van der Waals surface area contributed by atoms with Crippen molar-refractivity contribution < 1.29 is 26.4 Å². The van der Waals surface area contributed by atoms with Gasteiger partial charge < -0.3 is 9.73 Å². The summed E-state index contributed by atoms with van der Waals surface area (Å²) in [7, 11) is 0. The SMILES string of the molecule is CCNC(c1ccoc1)c1c(F)c(F)c(F)c(F)c1F. The molecule has 0 bridgehead atoms. The Hall–Kier alpha value is -1.89. The van der Waals surface area contributed by atoms with Gasteiger partial charge in [0.15, 0.2) is 23.3 Å². The van der Waals surface area contributed by atoms with Gasteiger partial charge in [0.25, 0.3) is 0 Å². The first-order chi connectivity index (χ1) is 9.49. The fourth-order valence-corrected chi connectivity index (χ4v) is 1.91. The number of nitrogens with one attached hydrogen (secondary N) is 1. The molecule has 108 valence electrons. The summed E-state index contributed by atoms with van der Waals surface area (Å²) in [6, 6.07) is 0.189. The summed E-state index contributed by atoms with van der Waals surface area (Å²) in [6.45, 7) is 1.90. The molecule has 1 aromatic carbocycles. The minimum atomic E-state index is -2.17. The molecule has 0 radical (unpaired) electrons. The summed E-state index contributed by atoms with van der Waals surface area (Å²) < 4.78 is 71.8. The third-order valence-corrected chi connectivity index (χ3v) is 2.82. The molecule has 2 rings (SSSR count). The molecule has 0 saturated heterocycles. The highest BCUT2D eigenvalue weighted by Gasteiger charge is 2.31. The summed E-state index contributed by atoms with van der Waals surface area (Å²) >= 11 is 0. The lowest BCUT2D eigenvalue weighted by Gasteiger charge is -2.19. The van der Waals surface area contributed by atoms with Crippen LogP contribution in [0, 0.1) is 29.1 Å². The summed E-state index contributed by atoms with van der Waals surface area (Å²) in [5.74, 6) is -9.82. The molecular weight excluding hydrogens is 281 g/mol. The molecule has 7 heteroatoms. The Morgan fingerprint density at radius 1 is 1.00 bits per heavy atom. The molecule has 0 amide bonds. The lowest BCUT2D eigenvalue weighted by Crippen LogP contribution is -2.25. The van der Waals surface area contributed by atoms with Crippen LogP contribution in [0.5, 0.6) is 0 Å². The van der Waals surface area contributed by atoms with Crippen molar-refractivity contribution in [3.05, 3.63) is 58.8 Å². The minimum absolute atomic E-state index is 0.259. The molecule has 1 aromatic heterocycles. The first-order valence-corrected chi connectivity index (χ1v) is 5.75. The maximum Gasteiger partial charge on any atom is 0.200 e. The standard InChI is InChI=1S/C13H10F5NO/c1-2-19-13(6-3-4-20-5-6)7-8(14)10(16)12(18)11(17)9(7)15/h3-5,13,19H,2H2,1H3. The van der Waals surface area contributed by atoms with Crippen molar-refractivity contribution in [2.75, 3.05) is 6.54 Å². The molecule has 20 heavy (non-hydrogen) atoms. The summed E-state index contributed by atoms with van der Waals surface area (Å²) in [6.07, 6.45) is 2.41. The van der Waals surface area contributed by atoms with Gasteiger partial charge in [-0.2, -0.15) is 0 Å². The lowest BCUT2D eigenvalue weighted by atomic mass is 9.99. The van der Waals surface area contributed by atoms with E-state index in [1.165, 1.54) is 18.6 Å². The van der Waals surface area contributed by atoms with Crippen molar-refractivity contribution in [1.82, 2.24) is 5.32 Å². The van der Waals surface area contributed by atoms with E-state index in [0.717, 1.165) is 0 Å². The van der Waals surface area contributed by atoms with E-state index in [9.17, 15) is 22.0 Å². The second-order valence-electron chi connectivity index (χ2n) is 4.03. The van der Waals surface area contributed by atoms with E-state index in [1.807, 2.05) is 0 Å². The van der Waals surface area contributed by atoms with Gasteiger partial charge in [0.05, 0.1) is 24.1 Å². The van der Waals surface area contributed by atoms with Crippen LogP contribution in [0.3, 0.4) is 0 Å². The average molecular weight is 291 g/mol. The zero-order chi connectivity index (χ0) is 14.9. The van der Waals surface area contributed by atoms with E-state index in [4.69, 9.17) is 4.42 Å². The largest absolute Gasteiger partial charge is 0.472 e. The second-order valence-corrected chi connectivity index (χ2v) is 4.03. The van der Waals surface area contributed by atoms with E-state index in [2.05, 4.69) is 5.32 Å². The zero-order valence-corrected chi connectivity index (χ0v) is 10.3. The summed E-state index contributed by atoms with van der Waals surface area (Å²) in [5, 5.41) is 2.66. The van der Waals surface area contributed by atoms with Crippen LogP contribution in [-0.2, 0) is 0 Å². The number of benzene rings is 1. The van der Waals surface area contributed by atoms with Crippen LogP contribution in [0.4, 0.5) is 22.0 Å². The maximum absolute atomic E-state index is 13.8. The quantitative estimate of drug-likeness (QED) is 0.528. The normalized spacial score (nSPS) is 12.7. The van der Waals surface area contributed by atoms with Crippen molar-refractivity contribution in [3.63, 3.8) is 0 Å². The third kappa shape index (κ3) is 2.29. The number of rotatable bonds is 4.